The Bertz CT molecular complexity index is 1600. The first-order valence-corrected chi connectivity index (χ1v) is 14.3. The van der Waals surface area contributed by atoms with Crippen molar-refractivity contribution < 1.29 is 29.4 Å². The Balaban J connectivity index is 0.000000192. The van der Waals surface area contributed by atoms with E-state index in [1.807, 2.05) is 0 Å². The zero-order chi connectivity index (χ0) is 30.3. The number of halogens is 4. The summed E-state index contributed by atoms with van der Waals surface area (Å²) in [5, 5.41) is 23.8. The van der Waals surface area contributed by atoms with Crippen LogP contribution in [-0.4, -0.2) is 55.7 Å². The number of carboxylic acids is 2. The van der Waals surface area contributed by atoms with Crippen molar-refractivity contribution in [3.63, 3.8) is 0 Å². The molecule has 4 aromatic rings. The Kier molecular flexibility index (Phi) is 10.4. The summed E-state index contributed by atoms with van der Waals surface area (Å²) < 4.78 is 3.33. The van der Waals surface area contributed by atoms with Gasteiger partial charge in [-0.1, -0.05) is 46.4 Å². The van der Waals surface area contributed by atoms with Gasteiger partial charge in [-0.25, -0.2) is 0 Å². The third kappa shape index (κ3) is 6.52. The van der Waals surface area contributed by atoms with Crippen LogP contribution < -0.4 is 10.2 Å². The Labute approximate surface area is 282 Å². The molecule has 0 bridgehead atoms. The van der Waals surface area contributed by atoms with Gasteiger partial charge in [0.05, 0.1) is 22.0 Å². The molecule has 0 saturated carbocycles. The van der Waals surface area contributed by atoms with Crippen molar-refractivity contribution in [1.29, 1.82) is 0 Å². The molecule has 43 heavy (non-hydrogen) atoms. The van der Waals surface area contributed by atoms with Gasteiger partial charge < -0.3 is 28.9 Å². The van der Waals surface area contributed by atoms with E-state index in [1.54, 1.807) is 57.7 Å². The largest absolute Gasteiger partial charge is 2.00 e. The standard InChI is InChI=1S/2C15H11Cl2NO3.Mg/c2*16-9-3-1-8(2-4-9)14(19)13-11(17)7-12-10(15(20)21)5-6-18(12)13;/h2*1-4,7,10H,5-6H2,(H,20,21);/q;;+2/p-2. The van der Waals surface area contributed by atoms with Gasteiger partial charge in [0, 0.05) is 57.5 Å². The SMILES string of the molecule is O=C(c1ccc(Cl)cc1)c1c(Cl)cc2n1CCC2C(=O)[O-].O=C(c1ccc(Cl)cc1)c1c(Cl)cc2n1CCC2C(=O)[O-].[Mg+2]. The van der Waals surface area contributed by atoms with Gasteiger partial charge in [0.1, 0.15) is 11.4 Å². The molecule has 2 unspecified atom stereocenters. The van der Waals surface area contributed by atoms with Crippen molar-refractivity contribution in [2.45, 2.75) is 37.8 Å². The molecular weight excluding hydrogens is 650 g/mol. The summed E-state index contributed by atoms with van der Waals surface area (Å²) in [6, 6.07) is 16.1. The second-order valence-corrected chi connectivity index (χ2v) is 11.5. The van der Waals surface area contributed by atoms with Gasteiger partial charge in [0.25, 0.3) is 0 Å². The van der Waals surface area contributed by atoms with E-state index in [0.717, 1.165) is 0 Å². The van der Waals surface area contributed by atoms with Crippen molar-refractivity contribution in [2.75, 3.05) is 0 Å². The van der Waals surface area contributed by atoms with Crippen molar-refractivity contribution >= 4 is 93.0 Å². The average Bonchev–Trinajstić information content (AvgIpc) is 3.69. The molecule has 0 spiro atoms. The Morgan fingerprint density at radius 2 is 0.930 bits per heavy atom. The van der Waals surface area contributed by atoms with E-state index in [9.17, 15) is 29.4 Å². The zero-order valence-electron chi connectivity index (χ0n) is 22.3. The van der Waals surface area contributed by atoms with E-state index >= 15 is 0 Å². The summed E-state index contributed by atoms with van der Waals surface area (Å²) in [6.45, 7) is 0.880. The number of aliphatic carboxylic acids is 2. The van der Waals surface area contributed by atoms with Crippen LogP contribution in [0.25, 0.3) is 0 Å². The fourth-order valence-corrected chi connectivity index (χ4v) is 6.21. The number of nitrogens with zero attached hydrogens (tertiary/aromatic N) is 2. The van der Waals surface area contributed by atoms with Crippen LogP contribution in [0.5, 0.6) is 0 Å². The molecule has 6 rings (SSSR count). The van der Waals surface area contributed by atoms with Crippen LogP contribution in [0.3, 0.4) is 0 Å². The first-order valence-electron chi connectivity index (χ1n) is 12.8. The molecule has 0 fully saturated rings. The summed E-state index contributed by atoms with van der Waals surface area (Å²) >= 11 is 23.9. The van der Waals surface area contributed by atoms with Crippen LogP contribution in [-0.2, 0) is 22.7 Å². The van der Waals surface area contributed by atoms with E-state index in [2.05, 4.69) is 0 Å². The Morgan fingerprint density at radius 1 is 0.605 bits per heavy atom. The molecule has 0 radical (unpaired) electrons. The maximum atomic E-state index is 12.6. The third-order valence-electron chi connectivity index (χ3n) is 7.37. The number of carbonyl (C=O) groups is 4. The number of carbonyl (C=O) groups excluding carboxylic acids is 4. The predicted octanol–water partition coefficient (Wildman–Crippen LogP) is 4.15. The molecule has 8 nitrogen and oxygen atoms in total. The summed E-state index contributed by atoms with van der Waals surface area (Å²) in [5.74, 6) is -4.21. The van der Waals surface area contributed by atoms with Gasteiger partial charge in [0.15, 0.2) is 0 Å². The summed E-state index contributed by atoms with van der Waals surface area (Å²) in [6.07, 6.45) is 0.825. The molecule has 2 aliphatic rings. The summed E-state index contributed by atoms with van der Waals surface area (Å²) in [7, 11) is 0. The second kappa shape index (κ2) is 13.5. The molecule has 0 aliphatic carbocycles. The first-order chi connectivity index (χ1) is 20.0. The molecular formula is C30H20Cl4MgN2O6. The molecule has 2 aromatic heterocycles. The van der Waals surface area contributed by atoms with Crippen LogP contribution in [0.2, 0.25) is 20.1 Å². The molecule has 4 heterocycles. The Morgan fingerprint density at radius 3 is 1.23 bits per heavy atom. The van der Waals surface area contributed by atoms with E-state index in [4.69, 9.17) is 46.4 Å². The monoisotopic (exact) mass is 668 g/mol. The predicted molar refractivity (Wildman–Crippen MR) is 159 cm³/mol. The fourth-order valence-electron chi connectivity index (χ4n) is 5.35. The number of fused-ring (bicyclic) bond motifs is 2. The van der Waals surface area contributed by atoms with E-state index in [0.29, 0.717) is 69.9 Å². The fraction of sp³-hybridized carbons (Fsp3) is 0.200. The third-order valence-corrected chi connectivity index (χ3v) is 8.45. The number of rotatable bonds is 6. The van der Waals surface area contributed by atoms with Crippen LogP contribution in [0, 0.1) is 0 Å². The minimum atomic E-state index is -1.14. The molecule has 0 saturated heterocycles. The summed E-state index contributed by atoms with van der Waals surface area (Å²) in [4.78, 5) is 47.3. The van der Waals surface area contributed by atoms with Crippen molar-refractivity contribution in [1.82, 2.24) is 9.13 Å². The van der Waals surface area contributed by atoms with Gasteiger partial charge in [-0.3, -0.25) is 9.59 Å². The number of hydrogen-bond acceptors (Lipinski definition) is 6. The van der Waals surface area contributed by atoms with Crippen LogP contribution in [0.4, 0.5) is 0 Å². The van der Waals surface area contributed by atoms with Gasteiger partial charge in [0.2, 0.25) is 11.6 Å². The van der Waals surface area contributed by atoms with Crippen molar-refractivity contribution in [3.05, 3.63) is 115 Å². The molecule has 0 N–H and O–H groups in total. The number of benzene rings is 2. The summed E-state index contributed by atoms with van der Waals surface area (Å²) in [5.41, 5.74) is 2.60. The Hall–Kier alpha value is -2.79. The molecule has 13 heteroatoms. The number of ketones is 2. The van der Waals surface area contributed by atoms with Gasteiger partial charge >= 0.3 is 23.1 Å². The quantitative estimate of drug-likeness (QED) is 0.224. The van der Waals surface area contributed by atoms with Gasteiger partial charge in [-0.15, -0.1) is 0 Å². The topological polar surface area (TPSA) is 124 Å². The van der Waals surface area contributed by atoms with Crippen LogP contribution in [0.15, 0.2) is 60.7 Å². The minimum absolute atomic E-state index is 0. The van der Waals surface area contributed by atoms with Crippen LogP contribution >= 0.6 is 46.4 Å². The van der Waals surface area contributed by atoms with Crippen molar-refractivity contribution in [3.8, 4) is 0 Å². The van der Waals surface area contributed by atoms with Gasteiger partial charge in [-0.05, 0) is 73.5 Å². The zero-order valence-corrected chi connectivity index (χ0v) is 26.8. The number of hydrogen-bond donors (Lipinski definition) is 0. The average molecular weight is 671 g/mol. The van der Waals surface area contributed by atoms with E-state index in [1.165, 1.54) is 12.1 Å². The van der Waals surface area contributed by atoms with E-state index < -0.39 is 23.8 Å². The molecule has 2 atom stereocenters. The number of carboxylic acid groups (broad SMARTS) is 2. The molecule has 0 amide bonds. The van der Waals surface area contributed by atoms with Crippen LogP contribution in [0.1, 0.15) is 68.2 Å². The van der Waals surface area contributed by atoms with Crippen molar-refractivity contribution in [2.24, 2.45) is 0 Å². The molecule has 2 aliphatic heterocycles. The maximum Gasteiger partial charge on any atom is 2.00 e. The smallest absolute Gasteiger partial charge is 0.549 e. The maximum absolute atomic E-state index is 12.6. The number of aromatic nitrogens is 2. The molecule has 216 valence electrons. The first kappa shape index (κ1) is 33.1. The molecule has 2 aromatic carbocycles. The normalized spacial score (nSPS) is 16.4. The van der Waals surface area contributed by atoms with Gasteiger partial charge in [-0.2, -0.15) is 0 Å². The van der Waals surface area contributed by atoms with E-state index in [-0.39, 0.29) is 44.7 Å². The minimum Gasteiger partial charge on any atom is -0.549 e. The second-order valence-electron chi connectivity index (χ2n) is 9.83.